The van der Waals surface area contributed by atoms with Gasteiger partial charge in [-0.2, -0.15) is 0 Å². The van der Waals surface area contributed by atoms with E-state index in [1.165, 1.54) is 0 Å². The van der Waals surface area contributed by atoms with Crippen molar-refractivity contribution in [2.45, 2.75) is 0 Å². The van der Waals surface area contributed by atoms with E-state index < -0.39 is 0 Å². The SMILES string of the molecule is NC1=CNC=NC1. The van der Waals surface area contributed by atoms with Crippen molar-refractivity contribution in [2.75, 3.05) is 6.54 Å². The molecule has 1 heterocycles. The molecule has 3 N–H and O–H groups in total. The largest absolute Gasteiger partial charge is 0.399 e. The van der Waals surface area contributed by atoms with E-state index >= 15 is 0 Å². The van der Waals surface area contributed by atoms with Gasteiger partial charge < -0.3 is 11.1 Å². The van der Waals surface area contributed by atoms with Gasteiger partial charge in [0.1, 0.15) is 0 Å². The van der Waals surface area contributed by atoms with E-state index in [0.29, 0.717) is 6.54 Å². The molecule has 1 aliphatic rings. The minimum atomic E-state index is 0.632. The van der Waals surface area contributed by atoms with E-state index in [-0.39, 0.29) is 0 Å². The summed E-state index contributed by atoms with van der Waals surface area (Å²) in [6.07, 6.45) is 3.35. The first-order valence-corrected chi connectivity index (χ1v) is 2.08. The number of nitrogens with two attached hydrogens (primary N) is 1. The normalized spacial score (nSPS) is 18.0. The number of nitrogens with one attached hydrogen (secondary N) is 1. The second kappa shape index (κ2) is 1.64. The summed E-state index contributed by atoms with van der Waals surface area (Å²) in [4.78, 5) is 3.83. The second-order valence-electron chi connectivity index (χ2n) is 1.36. The van der Waals surface area contributed by atoms with Gasteiger partial charge in [0, 0.05) is 11.9 Å². The molecule has 0 saturated carbocycles. The first kappa shape index (κ1) is 4.18. The van der Waals surface area contributed by atoms with E-state index in [1.54, 1.807) is 12.5 Å². The summed E-state index contributed by atoms with van der Waals surface area (Å²) in [6.45, 7) is 0.632. The molecule has 1 aliphatic heterocycles. The van der Waals surface area contributed by atoms with Crippen LogP contribution in [-0.2, 0) is 0 Å². The fourth-order valence-corrected chi connectivity index (χ4v) is 0.394. The van der Waals surface area contributed by atoms with Gasteiger partial charge in [-0.25, -0.2) is 0 Å². The summed E-state index contributed by atoms with van der Waals surface area (Å²) in [5, 5.41) is 2.76. The van der Waals surface area contributed by atoms with Crippen molar-refractivity contribution >= 4 is 6.34 Å². The smallest absolute Gasteiger partial charge is 0.0868 e. The van der Waals surface area contributed by atoms with Crippen LogP contribution in [0.3, 0.4) is 0 Å². The predicted octanol–water partition coefficient (Wildman–Crippen LogP) is -0.582. The third kappa shape index (κ3) is 0.924. The predicted molar refractivity (Wildman–Crippen MR) is 28.8 cm³/mol. The summed E-state index contributed by atoms with van der Waals surface area (Å²) in [5.74, 6) is 0. The Kier molecular flexibility index (Phi) is 0.978. The molecule has 3 heteroatoms. The Labute approximate surface area is 41.9 Å². The molecule has 0 fully saturated rings. The van der Waals surface area contributed by atoms with Crippen molar-refractivity contribution in [1.82, 2.24) is 5.32 Å². The minimum absolute atomic E-state index is 0.632. The van der Waals surface area contributed by atoms with E-state index in [9.17, 15) is 0 Å². The van der Waals surface area contributed by atoms with Gasteiger partial charge in [-0.15, -0.1) is 0 Å². The van der Waals surface area contributed by atoms with Crippen LogP contribution in [0.25, 0.3) is 0 Å². The number of aliphatic imine (C=N–C) groups is 1. The highest BCUT2D eigenvalue weighted by atomic mass is 15.0. The molecule has 1 rings (SSSR count). The lowest BCUT2D eigenvalue weighted by Gasteiger charge is -2.00. The Bertz CT molecular complexity index is 114. The number of hydrogen-bond donors (Lipinski definition) is 2. The fraction of sp³-hybridized carbons (Fsp3) is 0.250. The molecule has 0 saturated heterocycles. The van der Waals surface area contributed by atoms with Crippen LogP contribution in [0.5, 0.6) is 0 Å². The molecule has 0 spiro atoms. The summed E-state index contributed by atoms with van der Waals surface area (Å²) in [6, 6.07) is 0. The maximum atomic E-state index is 5.32. The van der Waals surface area contributed by atoms with Crippen LogP contribution in [0.1, 0.15) is 0 Å². The lowest BCUT2D eigenvalue weighted by molar-refractivity contribution is 1.03. The van der Waals surface area contributed by atoms with Gasteiger partial charge in [-0.05, 0) is 0 Å². The van der Waals surface area contributed by atoms with Crippen LogP contribution >= 0.6 is 0 Å². The van der Waals surface area contributed by atoms with Gasteiger partial charge in [0.15, 0.2) is 0 Å². The second-order valence-corrected chi connectivity index (χ2v) is 1.36. The van der Waals surface area contributed by atoms with E-state index in [2.05, 4.69) is 10.3 Å². The minimum Gasteiger partial charge on any atom is -0.399 e. The molecular formula is C4H7N3. The molecule has 38 valence electrons. The highest BCUT2D eigenvalue weighted by Crippen LogP contribution is 1.83. The van der Waals surface area contributed by atoms with Crippen LogP contribution in [0, 0.1) is 0 Å². The average Bonchev–Trinajstić information content (AvgIpc) is 1.69. The summed E-state index contributed by atoms with van der Waals surface area (Å²) >= 11 is 0. The van der Waals surface area contributed by atoms with Gasteiger partial charge in [0.25, 0.3) is 0 Å². The molecule has 0 bridgehead atoms. The molecule has 0 aromatic rings. The Morgan fingerprint density at radius 2 is 2.71 bits per heavy atom. The zero-order valence-electron chi connectivity index (χ0n) is 3.89. The van der Waals surface area contributed by atoms with Gasteiger partial charge >= 0.3 is 0 Å². The topological polar surface area (TPSA) is 50.4 Å². The van der Waals surface area contributed by atoms with E-state index in [1.807, 2.05) is 0 Å². The maximum Gasteiger partial charge on any atom is 0.0868 e. The third-order valence-electron chi connectivity index (χ3n) is 0.708. The molecule has 0 aromatic carbocycles. The zero-order valence-corrected chi connectivity index (χ0v) is 3.89. The van der Waals surface area contributed by atoms with Crippen LogP contribution < -0.4 is 11.1 Å². The van der Waals surface area contributed by atoms with Crippen LogP contribution in [-0.4, -0.2) is 12.9 Å². The zero-order chi connectivity index (χ0) is 5.11. The monoisotopic (exact) mass is 97.1 g/mol. The fourth-order valence-electron chi connectivity index (χ4n) is 0.394. The van der Waals surface area contributed by atoms with Crippen LogP contribution in [0.4, 0.5) is 0 Å². The van der Waals surface area contributed by atoms with Gasteiger partial charge in [0.05, 0.1) is 12.9 Å². The average molecular weight is 97.1 g/mol. The first-order chi connectivity index (χ1) is 3.39. The summed E-state index contributed by atoms with van der Waals surface area (Å²) in [7, 11) is 0. The number of rotatable bonds is 0. The lowest BCUT2D eigenvalue weighted by Crippen LogP contribution is -2.14. The van der Waals surface area contributed by atoms with Gasteiger partial charge in [0.2, 0.25) is 0 Å². The maximum absolute atomic E-state index is 5.32. The highest BCUT2D eigenvalue weighted by Gasteiger charge is 1.87. The molecule has 0 amide bonds. The molecule has 0 atom stereocenters. The Hall–Kier alpha value is -0.990. The third-order valence-corrected chi connectivity index (χ3v) is 0.708. The van der Waals surface area contributed by atoms with Crippen molar-refractivity contribution in [2.24, 2.45) is 10.7 Å². The molecule has 7 heavy (non-hydrogen) atoms. The van der Waals surface area contributed by atoms with Gasteiger partial charge in [-0.3, -0.25) is 4.99 Å². The van der Waals surface area contributed by atoms with E-state index in [0.717, 1.165) is 5.70 Å². The summed E-state index contributed by atoms with van der Waals surface area (Å²) < 4.78 is 0. The Morgan fingerprint density at radius 3 is 3.00 bits per heavy atom. The van der Waals surface area contributed by atoms with E-state index in [4.69, 9.17) is 5.73 Å². The van der Waals surface area contributed by atoms with Crippen LogP contribution in [0.15, 0.2) is 16.9 Å². The van der Waals surface area contributed by atoms with Crippen molar-refractivity contribution in [1.29, 1.82) is 0 Å². The van der Waals surface area contributed by atoms with Crippen molar-refractivity contribution < 1.29 is 0 Å². The number of hydrogen-bond acceptors (Lipinski definition) is 3. The number of nitrogens with zero attached hydrogens (tertiary/aromatic N) is 1. The Morgan fingerprint density at radius 1 is 1.86 bits per heavy atom. The lowest BCUT2D eigenvalue weighted by atomic mass is 10.5. The highest BCUT2D eigenvalue weighted by molar-refractivity contribution is 5.57. The van der Waals surface area contributed by atoms with Crippen LogP contribution in [0.2, 0.25) is 0 Å². The summed E-state index contributed by atoms with van der Waals surface area (Å²) in [5.41, 5.74) is 6.10. The standard InChI is InChI=1S/C4H7N3/c5-4-1-6-3-7-2-4/h1,3H,2,5H2,(H,6,7). The molecule has 0 aliphatic carbocycles. The molecule has 0 unspecified atom stereocenters. The molecule has 0 aromatic heterocycles. The van der Waals surface area contributed by atoms with Gasteiger partial charge in [-0.1, -0.05) is 0 Å². The molecule has 0 radical (unpaired) electrons. The molecular weight excluding hydrogens is 90.1 g/mol. The quantitative estimate of drug-likeness (QED) is 0.425. The van der Waals surface area contributed by atoms with Crippen molar-refractivity contribution in [3.05, 3.63) is 11.9 Å². The Balaban J connectivity index is 2.50. The molecule has 3 nitrogen and oxygen atoms in total. The van der Waals surface area contributed by atoms with Crippen molar-refractivity contribution in [3.8, 4) is 0 Å². The first-order valence-electron chi connectivity index (χ1n) is 2.08. The van der Waals surface area contributed by atoms with Crippen molar-refractivity contribution in [3.63, 3.8) is 0 Å².